The minimum atomic E-state index is -0.472. The smallest absolute Gasteiger partial charge is 0.358 e. The Morgan fingerprint density at radius 3 is 2.70 bits per heavy atom. The monoisotopic (exact) mass is 327 g/mol. The SMILES string of the molecule is CCOC(=O)c1cnnn1-c1ccc(-c2ccccc2)c(Cl)c1. The number of ether oxygens (including phenoxy) is 1. The maximum Gasteiger partial charge on any atom is 0.358 e. The van der Waals surface area contributed by atoms with Gasteiger partial charge in [0.1, 0.15) is 0 Å². The summed E-state index contributed by atoms with van der Waals surface area (Å²) in [6.45, 7) is 2.04. The first-order valence-corrected chi connectivity index (χ1v) is 7.51. The van der Waals surface area contributed by atoms with Crippen LogP contribution in [0.1, 0.15) is 17.4 Å². The molecule has 0 radical (unpaired) electrons. The van der Waals surface area contributed by atoms with Crippen LogP contribution in [0.25, 0.3) is 16.8 Å². The van der Waals surface area contributed by atoms with Gasteiger partial charge in [-0.15, -0.1) is 5.10 Å². The molecule has 0 aliphatic carbocycles. The van der Waals surface area contributed by atoms with Gasteiger partial charge in [-0.25, -0.2) is 9.48 Å². The Balaban J connectivity index is 1.99. The molecule has 0 spiro atoms. The number of nitrogens with zero attached hydrogens (tertiary/aromatic N) is 3. The Kier molecular flexibility index (Phi) is 4.39. The van der Waals surface area contributed by atoms with Crippen molar-refractivity contribution in [3.05, 3.63) is 65.4 Å². The van der Waals surface area contributed by atoms with Crippen molar-refractivity contribution < 1.29 is 9.53 Å². The van der Waals surface area contributed by atoms with Crippen LogP contribution in [-0.4, -0.2) is 27.6 Å². The van der Waals surface area contributed by atoms with Crippen molar-refractivity contribution in [3.63, 3.8) is 0 Å². The third kappa shape index (κ3) is 3.10. The van der Waals surface area contributed by atoms with Gasteiger partial charge >= 0.3 is 5.97 Å². The normalized spacial score (nSPS) is 10.5. The molecule has 3 rings (SSSR count). The molecule has 0 saturated carbocycles. The summed E-state index contributed by atoms with van der Waals surface area (Å²) in [5.74, 6) is -0.472. The lowest BCUT2D eigenvalue weighted by atomic mass is 10.1. The number of hydrogen-bond donors (Lipinski definition) is 0. The van der Waals surface area contributed by atoms with Crippen LogP contribution in [0.3, 0.4) is 0 Å². The summed E-state index contributed by atoms with van der Waals surface area (Å²) in [6.07, 6.45) is 1.37. The molecule has 116 valence electrons. The Hall–Kier alpha value is -2.66. The molecule has 0 amide bonds. The Bertz CT molecular complexity index is 831. The fourth-order valence-corrected chi connectivity index (χ4v) is 2.54. The predicted octanol–water partition coefficient (Wildman–Crippen LogP) is 3.76. The zero-order valence-electron chi connectivity index (χ0n) is 12.4. The van der Waals surface area contributed by atoms with Crippen LogP contribution in [0.15, 0.2) is 54.7 Å². The number of esters is 1. The molecular formula is C17H14ClN3O2. The van der Waals surface area contributed by atoms with Crippen LogP contribution in [0, 0.1) is 0 Å². The van der Waals surface area contributed by atoms with Crippen molar-refractivity contribution in [2.75, 3.05) is 6.61 Å². The molecule has 0 unspecified atom stereocenters. The van der Waals surface area contributed by atoms with Crippen LogP contribution >= 0.6 is 11.6 Å². The third-order valence-corrected chi connectivity index (χ3v) is 3.63. The minimum absolute atomic E-state index is 0.260. The average molecular weight is 328 g/mol. The van der Waals surface area contributed by atoms with Gasteiger partial charge in [-0.05, 0) is 24.6 Å². The van der Waals surface area contributed by atoms with Gasteiger partial charge in [0, 0.05) is 5.56 Å². The van der Waals surface area contributed by atoms with Gasteiger partial charge in [-0.1, -0.05) is 53.2 Å². The van der Waals surface area contributed by atoms with Crippen molar-refractivity contribution in [2.24, 2.45) is 0 Å². The van der Waals surface area contributed by atoms with Crippen molar-refractivity contribution in [1.29, 1.82) is 0 Å². The molecule has 0 bridgehead atoms. The van der Waals surface area contributed by atoms with Gasteiger partial charge in [0.05, 0.1) is 23.5 Å². The first-order valence-electron chi connectivity index (χ1n) is 7.14. The summed E-state index contributed by atoms with van der Waals surface area (Å²) in [7, 11) is 0. The predicted molar refractivity (Wildman–Crippen MR) is 87.8 cm³/mol. The van der Waals surface area contributed by atoms with Gasteiger partial charge in [0.2, 0.25) is 0 Å². The lowest BCUT2D eigenvalue weighted by molar-refractivity contribution is 0.0515. The molecule has 23 heavy (non-hydrogen) atoms. The fraction of sp³-hybridized carbons (Fsp3) is 0.118. The summed E-state index contributed by atoms with van der Waals surface area (Å²) in [5.41, 5.74) is 2.84. The van der Waals surface area contributed by atoms with Crippen LogP contribution in [0.4, 0.5) is 0 Å². The second kappa shape index (κ2) is 6.62. The van der Waals surface area contributed by atoms with E-state index in [0.29, 0.717) is 10.7 Å². The second-order valence-electron chi connectivity index (χ2n) is 4.78. The van der Waals surface area contributed by atoms with Crippen molar-refractivity contribution >= 4 is 17.6 Å². The van der Waals surface area contributed by atoms with Crippen molar-refractivity contribution in [2.45, 2.75) is 6.92 Å². The van der Waals surface area contributed by atoms with Crippen LogP contribution < -0.4 is 0 Å². The number of rotatable bonds is 4. The molecule has 2 aromatic carbocycles. The molecule has 0 aliphatic heterocycles. The first kappa shape index (κ1) is 15.2. The largest absolute Gasteiger partial charge is 0.461 e. The van der Waals surface area contributed by atoms with Gasteiger partial charge in [0.15, 0.2) is 5.69 Å². The molecule has 3 aromatic rings. The van der Waals surface area contributed by atoms with E-state index in [1.165, 1.54) is 10.9 Å². The van der Waals surface area contributed by atoms with E-state index < -0.39 is 5.97 Å². The summed E-state index contributed by atoms with van der Waals surface area (Å²) in [4.78, 5) is 11.9. The van der Waals surface area contributed by atoms with Gasteiger partial charge < -0.3 is 4.74 Å². The molecule has 0 fully saturated rings. The molecular weight excluding hydrogens is 314 g/mol. The Labute approximate surface area is 138 Å². The highest BCUT2D eigenvalue weighted by Gasteiger charge is 2.16. The standard InChI is InChI=1S/C17H14ClN3O2/c1-2-23-17(22)16-11-19-20-21(16)13-8-9-14(15(18)10-13)12-6-4-3-5-7-12/h3-11H,2H2,1H3. The molecule has 0 atom stereocenters. The number of benzene rings is 2. The van der Waals surface area contributed by atoms with E-state index in [4.69, 9.17) is 16.3 Å². The zero-order chi connectivity index (χ0) is 16.2. The summed E-state index contributed by atoms with van der Waals surface area (Å²) >= 11 is 6.40. The molecule has 0 aliphatic rings. The quantitative estimate of drug-likeness (QED) is 0.684. The van der Waals surface area contributed by atoms with E-state index >= 15 is 0 Å². The summed E-state index contributed by atoms with van der Waals surface area (Å²) in [6, 6.07) is 15.3. The first-order chi connectivity index (χ1) is 11.2. The lowest BCUT2D eigenvalue weighted by Crippen LogP contribution is -2.12. The van der Waals surface area contributed by atoms with E-state index in [0.717, 1.165) is 11.1 Å². The highest BCUT2D eigenvalue weighted by molar-refractivity contribution is 6.33. The van der Waals surface area contributed by atoms with Gasteiger partial charge in [-0.2, -0.15) is 0 Å². The van der Waals surface area contributed by atoms with Crippen molar-refractivity contribution in [1.82, 2.24) is 15.0 Å². The van der Waals surface area contributed by atoms with Crippen LogP contribution in [0.5, 0.6) is 0 Å². The maximum atomic E-state index is 11.9. The van der Waals surface area contributed by atoms with Crippen LogP contribution in [-0.2, 0) is 4.74 Å². The number of halogens is 1. The Morgan fingerprint density at radius 1 is 1.22 bits per heavy atom. The van der Waals surface area contributed by atoms with Gasteiger partial charge in [-0.3, -0.25) is 0 Å². The second-order valence-corrected chi connectivity index (χ2v) is 5.19. The number of hydrogen-bond acceptors (Lipinski definition) is 4. The summed E-state index contributed by atoms with van der Waals surface area (Å²) in [5, 5.41) is 8.29. The van der Waals surface area contributed by atoms with Crippen LogP contribution in [0.2, 0.25) is 5.02 Å². The lowest BCUT2D eigenvalue weighted by Gasteiger charge is -2.09. The van der Waals surface area contributed by atoms with E-state index in [9.17, 15) is 4.79 Å². The van der Waals surface area contributed by atoms with Crippen molar-refractivity contribution in [3.8, 4) is 16.8 Å². The fourth-order valence-electron chi connectivity index (χ4n) is 2.26. The van der Waals surface area contributed by atoms with E-state index in [-0.39, 0.29) is 12.3 Å². The maximum absolute atomic E-state index is 11.9. The highest BCUT2D eigenvalue weighted by atomic mass is 35.5. The molecule has 1 heterocycles. The van der Waals surface area contributed by atoms with Gasteiger partial charge in [0.25, 0.3) is 0 Å². The number of aromatic nitrogens is 3. The van der Waals surface area contributed by atoms with E-state index in [2.05, 4.69) is 10.3 Å². The molecule has 1 aromatic heterocycles. The summed E-state index contributed by atoms with van der Waals surface area (Å²) < 4.78 is 6.41. The average Bonchev–Trinajstić information content (AvgIpc) is 3.05. The molecule has 0 N–H and O–H groups in total. The Morgan fingerprint density at radius 2 is 2.00 bits per heavy atom. The number of carbonyl (C=O) groups is 1. The molecule has 6 heteroatoms. The zero-order valence-corrected chi connectivity index (χ0v) is 13.2. The minimum Gasteiger partial charge on any atom is -0.461 e. The third-order valence-electron chi connectivity index (χ3n) is 3.32. The van der Waals surface area contributed by atoms with E-state index in [1.54, 1.807) is 13.0 Å². The molecule has 0 saturated heterocycles. The number of carbonyl (C=O) groups excluding carboxylic acids is 1. The van der Waals surface area contributed by atoms with E-state index in [1.807, 2.05) is 42.5 Å². The highest BCUT2D eigenvalue weighted by Crippen LogP contribution is 2.29. The molecule has 5 nitrogen and oxygen atoms in total. The topological polar surface area (TPSA) is 57.0 Å².